The van der Waals surface area contributed by atoms with E-state index in [9.17, 15) is 23.5 Å². The molecule has 3 aromatic rings. The predicted molar refractivity (Wildman–Crippen MR) is 127 cm³/mol. The van der Waals surface area contributed by atoms with Crippen LogP contribution in [0.2, 0.25) is 0 Å². The summed E-state index contributed by atoms with van der Waals surface area (Å²) in [6.45, 7) is 0. The Kier molecular flexibility index (Phi) is 5.42. The van der Waals surface area contributed by atoms with E-state index in [1.807, 2.05) is 0 Å². The van der Waals surface area contributed by atoms with E-state index < -0.39 is 29.2 Å². The Bertz CT molecular complexity index is 1440. The van der Waals surface area contributed by atoms with Gasteiger partial charge in [-0.2, -0.15) is 0 Å². The molecule has 2 N–H and O–H groups in total. The molecule has 168 valence electrons. The fourth-order valence-electron chi connectivity index (χ4n) is 3.43. The summed E-state index contributed by atoms with van der Waals surface area (Å²) in [7, 11) is 0. The molecule has 1 saturated heterocycles. The molecule has 5 rings (SSSR count). The summed E-state index contributed by atoms with van der Waals surface area (Å²) in [6.07, 6.45) is 1.47. The van der Waals surface area contributed by atoms with E-state index in [0.717, 1.165) is 17.8 Å². The summed E-state index contributed by atoms with van der Waals surface area (Å²) in [4.78, 5) is 27.1. The summed E-state index contributed by atoms with van der Waals surface area (Å²) in [6, 6.07) is 16.3. The molecule has 1 fully saturated rings. The minimum atomic E-state index is -0.817. The van der Waals surface area contributed by atoms with Gasteiger partial charge < -0.3 is 10.4 Å². The van der Waals surface area contributed by atoms with Crippen LogP contribution in [-0.2, 0) is 9.59 Å². The predicted octanol–water partition coefficient (Wildman–Crippen LogP) is 4.50. The number of carbonyl (C=O) groups excluding carboxylic acids is 2. The molecule has 0 spiro atoms. The zero-order valence-electron chi connectivity index (χ0n) is 17.2. The highest BCUT2D eigenvalue weighted by Gasteiger charge is 2.35. The quantitative estimate of drug-likeness (QED) is 0.430. The summed E-state index contributed by atoms with van der Waals surface area (Å²) >= 11 is 0.985. The molecule has 0 bridgehead atoms. The van der Waals surface area contributed by atoms with Crippen LogP contribution in [0.5, 0.6) is 5.75 Å². The van der Waals surface area contributed by atoms with Crippen molar-refractivity contribution in [2.45, 2.75) is 0 Å². The van der Waals surface area contributed by atoms with Gasteiger partial charge >= 0.3 is 0 Å². The molecule has 0 radical (unpaired) electrons. The highest BCUT2D eigenvalue weighted by molar-refractivity contribution is 8.19. The number of hydrogen-bond donors (Lipinski definition) is 2. The van der Waals surface area contributed by atoms with Gasteiger partial charge in [0.15, 0.2) is 17.3 Å². The maximum atomic E-state index is 13.8. The van der Waals surface area contributed by atoms with E-state index in [1.165, 1.54) is 41.3 Å². The summed E-state index contributed by atoms with van der Waals surface area (Å²) in [5.41, 5.74) is 1.48. The minimum Gasteiger partial charge on any atom is -0.505 e. The molecule has 0 saturated carbocycles. The third-order valence-corrected chi connectivity index (χ3v) is 5.99. The van der Waals surface area contributed by atoms with Crippen LogP contribution in [0.4, 0.5) is 20.2 Å². The molecule has 34 heavy (non-hydrogen) atoms. The van der Waals surface area contributed by atoms with E-state index in [4.69, 9.17) is 0 Å². The number of phenolic OH excluding ortho intramolecular Hbond substituents is 1. The number of amidine groups is 1. The first-order valence-electron chi connectivity index (χ1n) is 9.95. The second-order valence-electron chi connectivity index (χ2n) is 7.27. The fourth-order valence-corrected chi connectivity index (χ4v) is 4.36. The number of nitrogens with one attached hydrogen (secondary N) is 1. The van der Waals surface area contributed by atoms with Crippen molar-refractivity contribution in [3.05, 3.63) is 94.4 Å². The lowest BCUT2D eigenvalue weighted by atomic mass is 10.1. The molecule has 0 unspecified atom stereocenters. The van der Waals surface area contributed by atoms with Crippen molar-refractivity contribution in [1.29, 1.82) is 0 Å². The fraction of sp³-hybridized carbons (Fsp3) is 0. The molecule has 2 heterocycles. The largest absolute Gasteiger partial charge is 0.505 e. The van der Waals surface area contributed by atoms with Crippen molar-refractivity contribution in [2.75, 3.05) is 10.2 Å². The van der Waals surface area contributed by atoms with E-state index in [2.05, 4.69) is 15.5 Å². The van der Waals surface area contributed by atoms with Gasteiger partial charge in [0.05, 0.1) is 16.3 Å². The number of para-hydroxylation sites is 1. The van der Waals surface area contributed by atoms with Crippen LogP contribution in [0.3, 0.4) is 0 Å². The topological polar surface area (TPSA) is 94.4 Å². The average molecular weight is 476 g/mol. The van der Waals surface area contributed by atoms with Crippen molar-refractivity contribution in [1.82, 2.24) is 0 Å². The van der Waals surface area contributed by atoms with E-state index in [-0.39, 0.29) is 21.3 Å². The molecule has 0 aliphatic carbocycles. The molecule has 0 aromatic heterocycles. The zero-order valence-corrected chi connectivity index (χ0v) is 18.0. The van der Waals surface area contributed by atoms with Gasteiger partial charge in [-0.25, -0.2) is 8.78 Å². The number of benzene rings is 3. The Hall–Kier alpha value is -4.31. The third-order valence-electron chi connectivity index (χ3n) is 5.03. The van der Waals surface area contributed by atoms with Gasteiger partial charge in [-0.3, -0.25) is 14.5 Å². The highest BCUT2D eigenvalue weighted by atomic mass is 32.2. The molecule has 7 nitrogen and oxygen atoms in total. The SMILES string of the molecule is O=C1Nc2ccc(F)cc2C1=NN=C1SC(=Cc2ccc(O)c(F)c2)C(=O)N1c1ccccc1. The highest BCUT2D eigenvalue weighted by Crippen LogP contribution is 2.36. The van der Waals surface area contributed by atoms with Gasteiger partial charge in [0.1, 0.15) is 5.82 Å². The van der Waals surface area contributed by atoms with Crippen molar-refractivity contribution < 1.29 is 23.5 Å². The van der Waals surface area contributed by atoms with Crippen LogP contribution < -0.4 is 10.2 Å². The first-order chi connectivity index (χ1) is 16.4. The Balaban J connectivity index is 1.57. The average Bonchev–Trinajstić information content (AvgIpc) is 3.30. The van der Waals surface area contributed by atoms with Crippen molar-refractivity contribution >= 4 is 51.9 Å². The monoisotopic (exact) mass is 476 g/mol. The summed E-state index contributed by atoms with van der Waals surface area (Å²) in [5, 5.41) is 20.3. The number of anilines is 2. The van der Waals surface area contributed by atoms with Crippen molar-refractivity contribution in [3.8, 4) is 5.75 Å². The number of fused-ring (bicyclic) bond motifs is 1. The molecule has 2 aliphatic heterocycles. The van der Waals surface area contributed by atoms with Crippen LogP contribution in [-0.4, -0.2) is 27.8 Å². The van der Waals surface area contributed by atoms with Crippen LogP contribution in [0.15, 0.2) is 81.8 Å². The standard InChI is InChI=1S/C24H14F2N4O3S/c25-14-7-8-18-16(12-14)21(22(32)27-18)28-29-24-30(15-4-2-1-3-5-15)23(33)20(34-24)11-13-6-9-19(31)17(26)10-13/h1-12,31H,(H,27,28,32). The number of aromatic hydroxyl groups is 1. The number of halogens is 2. The molecular weight excluding hydrogens is 462 g/mol. The summed E-state index contributed by atoms with van der Waals surface area (Å²) < 4.78 is 27.5. The maximum absolute atomic E-state index is 13.8. The maximum Gasteiger partial charge on any atom is 0.276 e. The lowest BCUT2D eigenvalue weighted by Crippen LogP contribution is -2.28. The van der Waals surface area contributed by atoms with Crippen molar-refractivity contribution in [2.24, 2.45) is 10.2 Å². The molecule has 2 amide bonds. The van der Waals surface area contributed by atoms with Gasteiger partial charge in [0.25, 0.3) is 11.8 Å². The number of thioether (sulfide) groups is 1. The number of carbonyl (C=O) groups is 2. The third kappa shape index (κ3) is 3.95. The van der Waals surface area contributed by atoms with Gasteiger partial charge in [-0.15, -0.1) is 10.2 Å². The lowest BCUT2D eigenvalue weighted by Gasteiger charge is -2.14. The summed E-state index contributed by atoms with van der Waals surface area (Å²) in [5.74, 6) is -2.81. The molecular formula is C24H14F2N4O3S. The minimum absolute atomic E-state index is 0.0823. The number of nitrogens with zero attached hydrogens (tertiary/aromatic N) is 3. The molecule has 10 heteroatoms. The van der Waals surface area contributed by atoms with Crippen LogP contribution >= 0.6 is 11.8 Å². The van der Waals surface area contributed by atoms with Crippen LogP contribution in [0.25, 0.3) is 6.08 Å². The normalized spacial score (nSPS) is 18.8. The van der Waals surface area contributed by atoms with Gasteiger partial charge in [0.2, 0.25) is 5.17 Å². The smallest absolute Gasteiger partial charge is 0.276 e. The van der Waals surface area contributed by atoms with E-state index in [0.29, 0.717) is 16.9 Å². The Morgan fingerprint density at radius 2 is 1.76 bits per heavy atom. The zero-order chi connectivity index (χ0) is 23.8. The van der Waals surface area contributed by atoms with Gasteiger partial charge in [-0.05, 0) is 65.9 Å². The second kappa shape index (κ2) is 8.56. The van der Waals surface area contributed by atoms with Crippen LogP contribution in [0, 0.1) is 11.6 Å². The van der Waals surface area contributed by atoms with Crippen LogP contribution in [0.1, 0.15) is 11.1 Å². The van der Waals surface area contributed by atoms with E-state index in [1.54, 1.807) is 30.3 Å². The Morgan fingerprint density at radius 3 is 2.53 bits per heavy atom. The lowest BCUT2D eigenvalue weighted by molar-refractivity contribution is -0.113. The van der Waals surface area contributed by atoms with Crippen molar-refractivity contribution in [3.63, 3.8) is 0 Å². The first kappa shape index (κ1) is 21.5. The number of hydrogen-bond acceptors (Lipinski definition) is 6. The first-order valence-corrected chi connectivity index (χ1v) is 10.8. The Labute approximate surface area is 196 Å². The number of phenols is 1. The molecule has 2 aliphatic rings. The number of amides is 2. The van der Waals surface area contributed by atoms with Gasteiger partial charge in [0, 0.05) is 5.56 Å². The van der Waals surface area contributed by atoms with E-state index >= 15 is 0 Å². The second-order valence-corrected chi connectivity index (χ2v) is 8.28. The Morgan fingerprint density at radius 1 is 0.971 bits per heavy atom. The number of rotatable bonds is 3. The molecule has 0 atom stereocenters. The van der Waals surface area contributed by atoms with Gasteiger partial charge in [-0.1, -0.05) is 24.3 Å². The molecule has 3 aromatic carbocycles.